The van der Waals surface area contributed by atoms with Gasteiger partial charge >= 0.3 is 0 Å². The zero-order valence-electron chi connectivity index (χ0n) is 11.0. The fourth-order valence-corrected chi connectivity index (χ4v) is 2.93. The highest BCUT2D eigenvalue weighted by Gasteiger charge is 2.15. The Morgan fingerprint density at radius 3 is 2.78 bits per heavy atom. The van der Waals surface area contributed by atoms with Crippen LogP contribution in [-0.2, 0) is 0 Å². The van der Waals surface area contributed by atoms with E-state index in [4.69, 9.17) is 0 Å². The second-order valence-electron chi connectivity index (χ2n) is 4.50. The molecule has 2 aromatic rings. The molecule has 0 aromatic carbocycles. The van der Waals surface area contributed by atoms with Crippen LogP contribution in [0.3, 0.4) is 0 Å². The number of pyridine rings is 1. The molecule has 2 rings (SSSR count). The lowest BCUT2D eigenvalue weighted by Gasteiger charge is -2.22. The lowest BCUT2D eigenvalue weighted by molar-refractivity contribution is 0.439. The molecule has 0 aliphatic rings. The van der Waals surface area contributed by atoms with E-state index in [0.717, 1.165) is 12.1 Å². The number of hydrogen-bond donors (Lipinski definition) is 1. The van der Waals surface area contributed by atoms with E-state index in [1.807, 2.05) is 29.7 Å². The molecule has 0 saturated carbocycles. The minimum Gasteiger partial charge on any atom is -0.301 e. The molecule has 2 nitrogen and oxygen atoms in total. The van der Waals surface area contributed by atoms with Gasteiger partial charge in [-0.2, -0.15) is 0 Å². The Kier molecular flexibility index (Phi) is 4.90. The number of nitrogens with one attached hydrogen (secondary N) is 1. The summed E-state index contributed by atoms with van der Waals surface area (Å²) in [4.78, 5) is 5.83. The molecule has 0 aliphatic carbocycles. The van der Waals surface area contributed by atoms with E-state index in [1.54, 1.807) is 0 Å². The van der Waals surface area contributed by atoms with Crippen LogP contribution in [0.2, 0.25) is 0 Å². The van der Waals surface area contributed by atoms with E-state index in [9.17, 15) is 0 Å². The van der Waals surface area contributed by atoms with Crippen molar-refractivity contribution in [2.24, 2.45) is 0 Å². The second-order valence-corrected chi connectivity index (χ2v) is 5.48. The highest BCUT2D eigenvalue weighted by atomic mass is 32.1. The quantitative estimate of drug-likeness (QED) is 0.836. The second kappa shape index (κ2) is 6.66. The van der Waals surface area contributed by atoms with Gasteiger partial charge in [0.1, 0.15) is 0 Å². The molecule has 2 aromatic heterocycles. The zero-order chi connectivity index (χ0) is 12.8. The molecule has 0 saturated heterocycles. The first-order valence-electron chi connectivity index (χ1n) is 6.51. The van der Waals surface area contributed by atoms with E-state index in [2.05, 4.69) is 47.7 Å². The Balaban J connectivity index is 2.05. The topological polar surface area (TPSA) is 24.9 Å². The maximum atomic E-state index is 4.41. The van der Waals surface area contributed by atoms with Crippen LogP contribution in [0, 0.1) is 0 Å². The summed E-state index contributed by atoms with van der Waals surface area (Å²) in [5.74, 6) is 0. The molecule has 96 valence electrons. The standard InChI is InChI=1S/C15H20N2S/c1-3-7-14(15-9-6-11-18-15)17-12(2)13-8-4-5-10-16-13/h4-6,8-12,14,17H,3,7H2,1-2H3. The van der Waals surface area contributed by atoms with E-state index in [-0.39, 0.29) is 6.04 Å². The minimum absolute atomic E-state index is 0.282. The maximum Gasteiger partial charge on any atom is 0.0570 e. The van der Waals surface area contributed by atoms with E-state index in [1.165, 1.54) is 11.3 Å². The third kappa shape index (κ3) is 3.40. The zero-order valence-corrected chi connectivity index (χ0v) is 11.8. The van der Waals surface area contributed by atoms with E-state index >= 15 is 0 Å². The van der Waals surface area contributed by atoms with Crippen LogP contribution in [-0.4, -0.2) is 4.98 Å². The molecule has 0 aliphatic heterocycles. The van der Waals surface area contributed by atoms with Crippen molar-refractivity contribution in [1.82, 2.24) is 10.3 Å². The van der Waals surface area contributed by atoms with Gasteiger partial charge in [-0.15, -0.1) is 11.3 Å². The summed E-state index contributed by atoms with van der Waals surface area (Å²) in [6.45, 7) is 4.41. The number of thiophene rings is 1. The van der Waals surface area contributed by atoms with Crippen molar-refractivity contribution < 1.29 is 0 Å². The van der Waals surface area contributed by atoms with Crippen LogP contribution in [0.5, 0.6) is 0 Å². The third-order valence-corrected chi connectivity index (χ3v) is 4.03. The number of rotatable bonds is 6. The summed E-state index contributed by atoms with van der Waals surface area (Å²) in [6, 6.07) is 11.1. The van der Waals surface area contributed by atoms with Gasteiger partial charge in [-0.3, -0.25) is 4.98 Å². The molecular formula is C15H20N2S. The Morgan fingerprint density at radius 1 is 1.28 bits per heavy atom. The van der Waals surface area contributed by atoms with Crippen LogP contribution >= 0.6 is 11.3 Å². The minimum atomic E-state index is 0.282. The first kappa shape index (κ1) is 13.2. The summed E-state index contributed by atoms with van der Waals surface area (Å²) in [7, 11) is 0. The van der Waals surface area contributed by atoms with Crippen molar-refractivity contribution in [3.63, 3.8) is 0 Å². The first-order chi connectivity index (χ1) is 8.81. The predicted octanol–water partition coefficient (Wildman–Crippen LogP) is 4.34. The van der Waals surface area contributed by atoms with Gasteiger partial charge in [0.05, 0.1) is 5.69 Å². The summed E-state index contributed by atoms with van der Waals surface area (Å²) in [5.41, 5.74) is 1.11. The molecular weight excluding hydrogens is 240 g/mol. The average Bonchev–Trinajstić information content (AvgIpc) is 2.93. The molecule has 2 unspecified atom stereocenters. The molecule has 2 atom stereocenters. The number of hydrogen-bond acceptors (Lipinski definition) is 3. The van der Waals surface area contributed by atoms with Gasteiger partial charge in [-0.25, -0.2) is 0 Å². The van der Waals surface area contributed by atoms with Gasteiger partial charge in [-0.1, -0.05) is 25.5 Å². The van der Waals surface area contributed by atoms with Gasteiger partial charge < -0.3 is 5.32 Å². The van der Waals surface area contributed by atoms with Gasteiger partial charge in [0.25, 0.3) is 0 Å². The Hall–Kier alpha value is -1.19. The van der Waals surface area contributed by atoms with Crippen LogP contribution in [0.15, 0.2) is 41.9 Å². The van der Waals surface area contributed by atoms with Crippen molar-refractivity contribution >= 4 is 11.3 Å². The number of nitrogens with zero attached hydrogens (tertiary/aromatic N) is 1. The molecule has 0 spiro atoms. The normalized spacial score (nSPS) is 14.3. The average molecular weight is 260 g/mol. The Bertz CT molecular complexity index is 439. The monoisotopic (exact) mass is 260 g/mol. The highest BCUT2D eigenvalue weighted by Crippen LogP contribution is 2.26. The summed E-state index contributed by atoms with van der Waals surface area (Å²) in [5, 5.41) is 5.83. The van der Waals surface area contributed by atoms with E-state index < -0.39 is 0 Å². The maximum absolute atomic E-state index is 4.41. The smallest absolute Gasteiger partial charge is 0.0570 e. The van der Waals surface area contributed by atoms with Crippen molar-refractivity contribution in [3.8, 4) is 0 Å². The highest BCUT2D eigenvalue weighted by molar-refractivity contribution is 7.10. The van der Waals surface area contributed by atoms with Crippen molar-refractivity contribution in [3.05, 3.63) is 52.5 Å². The van der Waals surface area contributed by atoms with Crippen LogP contribution in [0.4, 0.5) is 0 Å². The van der Waals surface area contributed by atoms with Crippen LogP contribution in [0.1, 0.15) is 49.3 Å². The first-order valence-corrected chi connectivity index (χ1v) is 7.39. The van der Waals surface area contributed by atoms with Crippen molar-refractivity contribution in [2.45, 2.75) is 38.8 Å². The third-order valence-electron chi connectivity index (χ3n) is 3.05. The molecule has 1 N–H and O–H groups in total. The largest absolute Gasteiger partial charge is 0.301 e. The summed E-state index contributed by atoms with van der Waals surface area (Å²) >= 11 is 1.83. The number of aromatic nitrogens is 1. The molecule has 0 bridgehead atoms. The van der Waals surface area contributed by atoms with Crippen molar-refractivity contribution in [1.29, 1.82) is 0 Å². The molecule has 0 radical (unpaired) electrons. The molecule has 3 heteroatoms. The van der Waals surface area contributed by atoms with Gasteiger partial charge in [0, 0.05) is 23.2 Å². The molecule has 0 fully saturated rings. The molecule has 2 heterocycles. The van der Waals surface area contributed by atoms with Gasteiger partial charge in [0.2, 0.25) is 0 Å². The molecule has 18 heavy (non-hydrogen) atoms. The fourth-order valence-electron chi connectivity index (χ4n) is 2.11. The van der Waals surface area contributed by atoms with Crippen molar-refractivity contribution in [2.75, 3.05) is 0 Å². The summed E-state index contributed by atoms with van der Waals surface area (Å²) < 4.78 is 0. The van der Waals surface area contributed by atoms with Crippen LogP contribution in [0.25, 0.3) is 0 Å². The lowest BCUT2D eigenvalue weighted by atomic mass is 10.1. The summed E-state index contributed by atoms with van der Waals surface area (Å²) in [6.07, 6.45) is 4.20. The Labute approximate surface area is 113 Å². The van der Waals surface area contributed by atoms with Gasteiger partial charge in [0.15, 0.2) is 0 Å². The lowest BCUT2D eigenvalue weighted by Crippen LogP contribution is -2.24. The molecule has 0 amide bonds. The van der Waals surface area contributed by atoms with Crippen LogP contribution < -0.4 is 5.32 Å². The van der Waals surface area contributed by atoms with E-state index in [0.29, 0.717) is 6.04 Å². The SMILES string of the molecule is CCCC(NC(C)c1ccccn1)c1cccs1. The predicted molar refractivity (Wildman–Crippen MR) is 77.8 cm³/mol. The van der Waals surface area contributed by atoms with Gasteiger partial charge in [-0.05, 0) is 36.9 Å². The fraction of sp³-hybridized carbons (Fsp3) is 0.400. The Morgan fingerprint density at radius 2 is 2.17 bits per heavy atom.